The fraction of sp³-hybridized carbons (Fsp3) is 1.00. The second-order valence-electron chi connectivity index (χ2n) is 4.18. The minimum Gasteiger partial charge on any atom is -0.379 e. The van der Waals surface area contributed by atoms with Crippen molar-refractivity contribution in [3.63, 3.8) is 0 Å². The highest BCUT2D eigenvalue weighted by atomic mass is 16.5. The van der Waals surface area contributed by atoms with Gasteiger partial charge in [0.25, 0.3) is 0 Å². The number of unbranched alkanes of at least 4 members (excludes halogenated alkanes) is 1. The molecule has 1 rings (SSSR count). The molecule has 0 amide bonds. The van der Waals surface area contributed by atoms with Gasteiger partial charge in [0, 0.05) is 6.61 Å². The Morgan fingerprint density at radius 3 is 2.46 bits per heavy atom. The van der Waals surface area contributed by atoms with Crippen LogP contribution in [0, 0.1) is 0 Å². The van der Waals surface area contributed by atoms with Gasteiger partial charge in [-0.05, 0) is 59.2 Å². The smallest absolute Gasteiger partial charge is 0.0518 e. The molecule has 1 heterocycles. The zero-order valence-electron chi connectivity index (χ0n) is 9.09. The highest BCUT2D eigenvalue weighted by molar-refractivity contribution is 4.65. The fourth-order valence-electron chi connectivity index (χ4n) is 1.76. The van der Waals surface area contributed by atoms with E-state index in [-0.39, 0.29) is 0 Å². The molecule has 0 radical (unpaired) electrons. The maximum absolute atomic E-state index is 5.49. The molecule has 0 unspecified atom stereocenters. The van der Waals surface area contributed by atoms with Crippen molar-refractivity contribution in [3.8, 4) is 0 Å². The van der Waals surface area contributed by atoms with Gasteiger partial charge < -0.3 is 9.64 Å². The monoisotopic (exact) mass is 185 g/mol. The van der Waals surface area contributed by atoms with Crippen LogP contribution in [0.4, 0.5) is 0 Å². The Bertz CT molecular complexity index is 119. The van der Waals surface area contributed by atoms with Crippen molar-refractivity contribution in [2.24, 2.45) is 0 Å². The van der Waals surface area contributed by atoms with E-state index in [1.807, 2.05) is 0 Å². The van der Waals surface area contributed by atoms with E-state index in [1.54, 1.807) is 0 Å². The van der Waals surface area contributed by atoms with Gasteiger partial charge in [0.15, 0.2) is 0 Å². The molecule has 0 aromatic carbocycles. The fourth-order valence-corrected chi connectivity index (χ4v) is 1.76. The quantitative estimate of drug-likeness (QED) is 0.589. The number of ether oxygens (including phenoxy) is 1. The first-order valence-electron chi connectivity index (χ1n) is 5.63. The first-order chi connectivity index (χ1) is 6.29. The SMILES string of the molecule is CC(C)OCCCCN1CCCC1. The third-order valence-corrected chi connectivity index (χ3v) is 2.52. The van der Waals surface area contributed by atoms with Crippen LogP contribution in [0.3, 0.4) is 0 Å². The maximum Gasteiger partial charge on any atom is 0.0518 e. The average molecular weight is 185 g/mol. The molecular weight excluding hydrogens is 162 g/mol. The molecule has 13 heavy (non-hydrogen) atoms. The van der Waals surface area contributed by atoms with Crippen LogP contribution >= 0.6 is 0 Å². The Morgan fingerprint density at radius 1 is 1.15 bits per heavy atom. The van der Waals surface area contributed by atoms with Crippen molar-refractivity contribution in [1.29, 1.82) is 0 Å². The first kappa shape index (κ1) is 11.0. The highest BCUT2D eigenvalue weighted by Crippen LogP contribution is 2.08. The van der Waals surface area contributed by atoms with Gasteiger partial charge in [-0.3, -0.25) is 0 Å². The van der Waals surface area contributed by atoms with Crippen LogP contribution in [-0.4, -0.2) is 37.2 Å². The largest absolute Gasteiger partial charge is 0.379 e. The minimum atomic E-state index is 0.395. The van der Waals surface area contributed by atoms with Crippen LogP contribution in [0.25, 0.3) is 0 Å². The van der Waals surface area contributed by atoms with E-state index in [9.17, 15) is 0 Å². The Hall–Kier alpha value is -0.0800. The molecule has 0 aromatic rings. The zero-order chi connectivity index (χ0) is 9.52. The summed E-state index contributed by atoms with van der Waals surface area (Å²) in [5, 5.41) is 0. The Kier molecular flexibility index (Phi) is 5.40. The molecule has 1 aliphatic rings. The molecule has 2 nitrogen and oxygen atoms in total. The summed E-state index contributed by atoms with van der Waals surface area (Å²) in [6, 6.07) is 0. The molecule has 2 heteroatoms. The maximum atomic E-state index is 5.49. The molecule has 0 aliphatic carbocycles. The molecule has 0 saturated carbocycles. The third-order valence-electron chi connectivity index (χ3n) is 2.52. The van der Waals surface area contributed by atoms with Gasteiger partial charge in [-0.2, -0.15) is 0 Å². The van der Waals surface area contributed by atoms with Crippen molar-refractivity contribution in [3.05, 3.63) is 0 Å². The highest BCUT2D eigenvalue weighted by Gasteiger charge is 2.09. The van der Waals surface area contributed by atoms with Gasteiger partial charge >= 0.3 is 0 Å². The lowest BCUT2D eigenvalue weighted by Crippen LogP contribution is -2.20. The van der Waals surface area contributed by atoms with Gasteiger partial charge in [-0.25, -0.2) is 0 Å². The van der Waals surface area contributed by atoms with Crippen LogP contribution in [-0.2, 0) is 4.74 Å². The van der Waals surface area contributed by atoms with Gasteiger partial charge in [0.1, 0.15) is 0 Å². The van der Waals surface area contributed by atoms with Crippen molar-refractivity contribution in [2.75, 3.05) is 26.2 Å². The van der Waals surface area contributed by atoms with Crippen LogP contribution < -0.4 is 0 Å². The van der Waals surface area contributed by atoms with Gasteiger partial charge in [0.2, 0.25) is 0 Å². The van der Waals surface area contributed by atoms with Crippen molar-refractivity contribution >= 4 is 0 Å². The molecule has 0 spiro atoms. The normalized spacial score (nSPS) is 18.7. The third kappa shape index (κ3) is 5.27. The number of rotatable bonds is 6. The minimum absolute atomic E-state index is 0.395. The Labute approximate surface area is 82.3 Å². The van der Waals surface area contributed by atoms with Gasteiger partial charge in [-0.15, -0.1) is 0 Å². The summed E-state index contributed by atoms with van der Waals surface area (Å²) < 4.78 is 5.49. The van der Waals surface area contributed by atoms with Crippen molar-refractivity contribution in [1.82, 2.24) is 4.90 Å². The predicted molar refractivity (Wildman–Crippen MR) is 56.0 cm³/mol. The van der Waals surface area contributed by atoms with Crippen LogP contribution in [0.1, 0.15) is 39.5 Å². The topological polar surface area (TPSA) is 12.5 Å². The van der Waals surface area contributed by atoms with E-state index in [0.29, 0.717) is 6.10 Å². The molecule has 0 atom stereocenters. The lowest BCUT2D eigenvalue weighted by Gasteiger charge is -2.14. The van der Waals surface area contributed by atoms with Gasteiger partial charge in [-0.1, -0.05) is 0 Å². The lowest BCUT2D eigenvalue weighted by molar-refractivity contribution is 0.0746. The standard InChI is InChI=1S/C11H23NO/c1-11(2)13-10-6-5-9-12-7-3-4-8-12/h11H,3-10H2,1-2H3. The number of hydrogen-bond acceptors (Lipinski definition) is 2. The number of nitrogens with zero attached hydrogens (tertiary/aromatic N) is 1. The summed E-state index contributed by atoms with van der Waals surface area (Å²) in [5.41, 5.74) is 0. The summed E-state index contributed by atoms with van der Waals surface area (Å²) >= 11 is 0. The second kappa shape index (κ2) is 6.39. The molecule has 0 N–H and O–H groups in total. The predicted octanol–water partition coefficient (Wildman–Crippen LogP) is 2.29. The molecule has 0 bridgehead atoms. The summed E-state index contributed by atoms with van der Waals surface area (Å²) in [5.74, 6) is 0. The molecule has 1 fully saturated rings. The molecule has 1 saturated heterocycles. The van der Waals surface area contributed by atoms with E-state index >= 15 is 0 Å². The van der Waals surface area contributed by atoms with Crippen molar-refractivity contribution in [2.45, 2.75) is 45.6 Å². The van der Waals surface area contributed by atoms with Crippen LogP contribution in [0.15, 0.2) is 0 Å². The van der Waals surface area contributed by atoms with E-state index in [1.165, 1.54) is 45.3 Å². The molecule has 0 aromatic heterocycles. The number of likely N-dealkylation sites (tertiary alicyclic amines) is 1. The summed E-state index contributed by atoms with van der Waals surface area (Å²) in [6.45, 7) is 9.06. The molecular formula is C11H23NO. The molecule has 1 aliphatic heterocycles. The van der Waals surface area contributed by atoms with Crippen molar-refractivity contribution < 1.29 is 4.74 Å². The molecule has 78 valence electrons. The number of hydrogen-bond donors (Lipinski definition) is 0. The Morgan fingerprint density at radius 2 is 1.85 bits per heavy atom. The van der Waals surface area contributed by atoms with E-state index in [4.69, 9.17) is 4.74 Å². The van der Waals surface area contributed by atoms with Crippen LogP contribution in [0.2, 0.25) is 0 Å². The summed E-state index contributed by atoms with van der Waals surface area (Å²) in [6.07, 6.45) is 5.72. The second-order valence-corrected chi connectivity index (χ2v) is 4.18. The summed E-state index contributed by atoms with van der Waals surface area (Å²) in [7, 11) is 0. The van der Waals surface area contributed by atoms with E-state index < -0.39 is 0 Å². The average Bonchev–Trinajstić information content (AvgIpc) is 2.55. The van der Waals surface area contributed by atoms with Crippen LogP contribution in [0.5, 0.6) is 0 Å². The lowest BCUT2D eigenvalue weighted by atomic mass is 10.3. The Balaban J connectivity index is 1.83. The zero-order valence-corrected chi connectivity index (χ0v) is 9.09. The van der Waals surface area contributed by atoms with E-state index in [2.05, 4.69) is 18.7 Å². The summed E-state index contributed by atoms with van der Waals surface area (Å²) in [4.78, 5) is 2.56. The first-order valence-corrected chi connectivity index (χ1v) is 5.63. The van der Waals surface area contributed by atoms with Gasteiger partial charge in [0.05, 0.1) is 6.10 Å². The van der Waals surface area contributed by atoms with E-state index in [0.717, 1.165) is 6.61 Å².